The molecule has 0 aliphatic heterocycles. The Labute approximate surface area is 91.0 Å². The molecule has 0 amide bonds. The van der Waals surface area contributed by atoms with Crippen molar-refractivity contribution in [1.82, 2.24) is 0 Å². The van der Waals surface area contributed by atoms with Crippen molar-refractivity contribution >= 4 is 14.5 Å². The first-order valence-electron chi connectivity index (χ1n) is 3.86. The van der Waals surface area contributed by atoms with Crippen LogP contribution in [-0.4, -0.2) is 0 Å². The van der Waals surface area contributed by atoms with E-state index in [9.17, 15) is 0 Å². The van der Waals surface area contributed by atoms with Crippen molar-refractivity contribution in [3.8, 4) is 0 Å². The van der Waals surface area contributed by atoms with Crippen LogP contribution in [0.4, 0.5) is 0 Å². The van der Waals surface area contributed by atoms with Gasteiger partial charge in [-0.2, -0.15) is 0 Å². The molecule has 0 aliphatic carbocycles. The first-order valence-corrected chi connectivity index (χ1v) is 4.44. The van der Waals surface area contributed by atoms with E-state index < -0.39 is 0 Å². The molecular formula is C10H15PPd. The zero-order valence-corrected chi connectivity index (χ0v) is 10.4. The van der Waals surface area contributed by atoms with Gasteiger partial charge in [0.1, 0.15) is 0 Å². The molecule has 1 unspecified atom stereocenters. The van der Waals surface area contributed by atoms with Crippen LogP contribution in [0.3, 0.4) is 0 Å². The van der Waals surface area contributed by atoms with E-state index in [4.69, 9.17) is 0 Å². The Morgan fingerprint density at radius 2 is 1.42 bits per heavy atom. The fourth-order valence-electron chi connectivity index (χ4n) is 0.983. The fourth-order valence-corrected chi connectivity index (χ4v) is 1.18. The Morgan fingerprint density at radius 3 is 1.75 bits per heavy atom. The van der Waals surface area contributed by atoms with Gasteiger partial charge in [-0.3, -0.25) is 0 Å². The largest absolute Gasteiger partial charge is 0.106 e. The van der Waals surface area contributed by atoms with Gasteiger partial charge in [0.15, 0.2) is 0 Å². The third-order valence-corrected chi connectivity index (χ3v) is 2.16. The Hall–Kier alpha value is 0.312. The molecule has 1 rings (SSSR count). The van der Waals surface area contributed by atoms with Gasteiger partial charge in [0.2, 0.25) is 0 Å². The van der Waals surface area contributed by atoms with Crippen LogP contribution in [0.1, 0.15) is 26.3 Å². The van der Waals surface area contributed by atoms with E-state index in [0.29, 0.717) is 0 Å². The fraction of sp³-hybridized carbons (Fsp3) is 0.400. The molecule has 0 aliphatic rings. The van der Waals surface area contributed by atoms with Crippen LogP contribution in [0.15, 0.2) is 24.3 Å². The van der Waals surface area contributed by atoms with Gasteiger partial charge in [-0.15, -0.1) is 9.24 Å². The predicted molar refractivity (Wildman–Crippen MR) is 54.5 cm³/mol. The van der Waals surface area contributed by atoms with Gasteiger partial charge in [-0.05, 0) is 16.3 Å². The van der Waals surface area contributed by atoms with Crippen molar-refractivity contribution in [3.63, 3.8) is 0 Å². The molecule has 0 spiro atoms. The van der Waals surface area contributed by atoms with Crippen LogP contribution < -0.4 is 5.30 Å². The van der Waals surface area contributed by atoms with E-state index in [1.165, 1.54) is 10.9 Å². The average molecular weight is 273 g/mol. The van der Waals surface area contributed by atoms with Gasteiger partial charge in [-0.1, -0.05) is 45.0 Å². The van der Waals surface area contributed by atoms with Crippen molar-refractivity contribution in [2.75, 3.05) is 0 Å². The summed E-state index contributed by atoms with van der Waals surface area (Å²) in [6, 6.07) is 8.63. The van der Waals surface area contributed by atoms with Crippen LogP contribution in [0.5, 0.6) is 0 Å². The molecule has 0 heterocycles. The van der Waals surface area contributed by atoms with E-state index in [1.807, 2.05) is 0 Å². The molecule has 1 aromatic carbocycles. The van der Waals surface area contributed by atoms with Gasteiger partial charge in [0.25, 0.3) is 0 Å². The minimum atomic E-state index is 0. The summed E-state index contributed by atoms with van der Waals surface area (Å²) in [6.45, 7) is 6.68. The summed E-state index contributed by atoms with van der Waals surface area (Å²) in [6.07, 6.45) is 0. The molecule has 0 bridgehead atoms. The Bertz CT molecular complexity index is 233. The summed E-state index contributed by atoms with van der Waals surface area (Å²) in [5.41, 5.74) is 1.67. The molecule has 0 radical (unpaired) electrons. The Balaban J connectivity index is 0.00000121. The van der Waals surface area contributed by atoms with E-state index in [0.717, 1.165) is 0 Å². The molecule has 12 heavy (non-hydrogen) atoms. The summed E-state index contributed by atoms with van der Waals surface area (Å²) in [4.78, 5) is 0. The summed E-state index contributed by atoms with van der Waals surface area (Å²) in [5, 5.41) is 1.25. The smallest absolute Gasteiger partial charge is 0 e. The average Bonchev–Trinajstić information content (AvgIpc) is 1.86. The molecule has 2 heteroatoms. The summed E-state index contributed by atoms with van der Waals surface area (Å²) < 4.78 is 0. The topological polar surface area (TPSA) is 0 Å². The van der Waals surface area contributed by atoms with Crippen LogP contribution in [0.2, 0.25) is 0 Å². The summed E-state index contributed by atoms with van der Waals surface area (Å²) in [5.74, 6) is 0. The van der Waals surface area contributed by atoms with Gasteiger partial charge in [-0.25, -0.2) is 0 Å². The van der Waals surface area contributed by atoms with E-state index in [2.05, 4.69) is 54.3 Å². The molecule has 70 valence electrons. The zero-order valence-electron chi connectivity index (χ0n) is 7.70. The first-order chi connectivity index (χ1) is 5.00. The van der Waals surface area contributed by atoms with Crippen molar-refractivity contribution in [1.29, 1.82) is 0 Å². The molecule has 0 fully saturated rings. The maximum absolute atomic E-state index is 2.69. The SMILES string of the molecule is CC(C)(C)c1ccc(P)cc1.[Pd]. The molecule has 0 saturated carbocycles. The van der Waals surface area contributed by atoms with Gasteiger partial charge >= 0.3 is 0 Å². The zero-order chi connectivity index (χ0) is 8.48. The quantitative estimate of drug-likeness (QED) is 0.503. The molecule has 0 aromatic heterocycles. The Kier molecular flexibility index (Phi) is 4.64. The predicted octanol–water partition coefficient (Wildman–Crippen LogP) is 2.48. The third kappa shape index (κ3) is 3.36. The molecule has 0 nitrogen and oxygen atoms in total. The standard InChI is InChI=1S/C10H15P.Pd/c1-10(2,3)8-4-6-9(11)7-5-8;/h4-7H,11H2,1-3H3;. The molecule has 1 atom stereocenters. The number of hydrogen-bond donors (Lipinski definition) is 0. The minimum Gasteiger partial charge on any atom is -0.106 e. The van der Waals surface area contributed by atoms with Crippen LogP contribution >= 0.6 is 9.24 Å². The molecule has 0 saturated heterocycles. The first kappa shape index (κ1) is 12.3. The van der Waals surface area contributed by atoms with Crippen molar-refractivity contribution in [2.45, 2.75) is 26.2 Å². The van der Waals surface area contributed by atoms with Crippen LogP contribution in [0.25, 0.3) is 0 Å². The second-order valence-electron chi connectivity index (χ2n) is 3.87. The third-order valence-electron chi connectivity index (χ3n) is 1.78. The Morgan fingerprint density at radius 1 is 1.00 bits per heavy atom. The molecular weight excluding hydrogens is 258 g/mol. The monoisotopic (exact) mass is 272 g/mol. The molecule has 0 N–H and O–H groups in total. The maximum atomic E-state index is 2.69. The van der Waals surface area contributed by atoms with Crippen LogP contribution in [-0.2, 0) is 25.8 Å². The van der Waals surface area contributed by atoms with Gasteiger partial charge in [0.05, 0.1) is 0 Å². The van der Waals surface area contributed by atoms with Crippen molar-refractivity contribution < 1.29 is 20.4 Å². The van der Waals surface area contributed by atoms with Crippen LogP contribution in [0, 0.1) is 0 Å². The van der Waals surface area contributed by atoms with E-state index in [-0.39, 0.29) is 25.8 Å². The summed E-state index contributed by atoms with van der Waals surface area (Å²) >= 11 is 0. The van der Waals surface area contributed by atoms with E-state index in [1.54, 1.807) is 0 Å². The minimum absolute atomic E-state index is 0. The van der Waals surface area contributed by atoms with Gasteiger partial charge < -0.3 is 0 Å². The number of rotatable bonds is 0. The van der Waals surface area contributed by atoms with Crippen molar-refractivity contribution in [2.24, 2.45) is 0 Å². The second-order valence-corrected chi connectivity index (χ2v) is 4.54. The van der Waals surface area contributed by atoms with Gasteiger partial charge in [0, 0.05) is 20.4 Å². The van der Waals surface area contributed by atoms with E-state index >= 15 is 0 Å². The normalized spacial score (nSPS) is 10.7. The second kappa shape index (κ2) is 4.52. The van der Waals surface area contributed by atoms with Crippen molar-refractivity contribution in [3.05, 3.63) is 29.8 Å². The molecule has 1 aromatic rings. The number of benzene rings is 1. The summed E-state index contributed by atoms with van der Waals surface area (Å²) in [7, 11) is 2.69. The maximum Gasteiger partial charge on any atom is 0 e. The number of hydrogen-bond acceptors (Lipinski definition) is 0.